The average molecular weight is 239 g/mol. The maximum absolute atomic E-state index is 5.64. The second-order valence-electron chi connectivity index (χ2n) is 4.96. The van der Waals surface area contributed by atoms with Gasteiger partial charge in [0, 0.05) is 24.3 Å². The van der Waals surface area contributed by atoms with Crippen LogP contribution in [-0.2, 0) is 6.42 Å². The highest BCUT2D eigenvalue weighted by Gasteiger charge is 2.23. The minimum absolute atomic E-state index is 0.547. The van der Waals surface area contributed by atoms with Crippen molar-refractivity contribution in [1.29, 1.82) is 0 Å². The van der Waals surface area contributed by atoms with E-state index < -0.39 is 0 Å². The molecule has 2 heterocycles. The Morgan fingerprint density at radius 2 is 2.50 bits per heavy atom. The summed E-state index contributed by atoms with van der Waals surface area (Å²) in [5, 5.41) is 3.49. The summed E-state index contributed by atoms with van der Waals surface area (Å²) in [7, 11) is 2.18. The first-order valence-corrected chi connectivity index (χ1v) is 6.90. The molecular formula is C12H21N3S. The Morgan fingerprint density at radius 3 is 3.12 bits per heavy atom. The standard InChI is InChI=1S/C12H21N3S/c1-9(6-13)5-12-14-11(8-16-12)10-3-4-15(2)7-10/h8-10H,3-7,13H2,1-2H3. The summed E-state index contributed by atoms with van der Waals surface area (Å²) in [5.74, 6) is 1.20. The fraction of sp³-hybridized carbons (Fsp3) is 0.750. The van der Waals surface area contributed by atoms with E-state index in [1.807, 2.05) is 0 Å². The minimum atomic E-state index is 0.547. The van der Waals surface area contributed by atoms with Crippen LogP contribution in [0, 0.1) is 5.92 Å². The zero-order valence-corrected chi connectivity index (χ0v) is 11.0. The van der Waals surface area contributed by atoms with E-state index in [-0.39, 0.29) is 0 Å². The van der Waals surface area contributed by atoms with E-state index in [0.29, 0.717) is 11.8 Å². The third-order valence-electron chi connectivity index (χ3n) is 3.30. The molecule has 0 amide bonds. The van der Waals surface area contributed by atoms with Gasteiger partial charge in [-0.25, -0.2) is 4.98 Å². The Morgan fingerprint density at radius 1 is 1.69 bits per heavy atom. The minimum Gasteiger partial charge on any atom is -0.330 e. The average Bonchev–Trinajstić information content (AvgIpc) is 2.87. The van der Waals surface area contributed by atoms with Crippen LogP contribution in [0.4, 0.5) is 0 Å². The van der Waals surface area contributed by atoms with Crippen molar-refractivity contribution in [3.05, 3.63) is 16.1 Å². The summed E-state index contributed by atoms with van der Waals surface area (Å²) in [6, 6.07) is 0. The summed E-state index contributed by atoms with van der Waals surface area (Å²) >= 11 is 1.80. The number of hydrogen-bond acceptors (Lipinski definition) is 4. The van der Waals surface area contributed by atoms with Crippen LogP contribution >= 0.6 is 11.3 Å². The molecule has 0 saturated carbocycles. The fourth-order valence-electron chi connectivity index (χ4n) is 2.16. The third-order valence-corrected chi connectivity index (χ3v) is 4.19. The lowest BCUT2D eigenvalue weighted by molar-refractivity contribution is 0.411. The summed E-state index contributed by atoms with van der Waals surface area (Å²) in [6.07, 6.45) is 2.29. The molecule has 1 aliphatic heterocycles. The highest BCUT2D eigenvalue weighted by Crippen LogP contribution is 2.27. The van der Waals surface area contributed by atoms with E-state index in [4.69, 9.17) is 10.7 Å². The lowest BCUT2D eigenvalue weighted by atomic mass is 10.1. The van der Waals surface area contributed by atoms with Gasteiger partial charge in [0.1, 0.15) is 0 Å². The van der Waals surface area contributed by atoms with Crippen LogP contribution in [0.1, 0.15) is 30.0 Å². The number of nitrogens with zero attached hydrogens (tertiary/aromatic N) is 2. The molecule has 1 fully saturated rings. The number of thiazole rings is 1. The maximum Gasteiger partial charge on any atom is 0.0931 e. The molecule has 90 valence electrons. The summed E-state index contributed by atoms with van der Waals surface area (Å²) in [6.45, 7) is 5.30. The molecule has 4 heteroatoms. The molecule has 2 rings (SSSR count). The molecule has 1 aromatic heterocycles. The molecule has 2 atom stereocenters. The monoisotopic (exact) mass is 239 g/mol. The van der Waals surface area contributed by atoms with Gasteiger partial charge in [0.05, 0.1) is 10.7 Å². The number of likely N-dealkylation sites (tertiary alicyclic amines) is 1. The second-order valence-corrected chi connectivity index (χ2v) is 5.90. The van der Waals surface area contributed by atoms with Crippen molar-refractivity contribution < 1.29 is 0 Å². The van der Waals surface area contributed by atoms with Gasteiger partial charge in [-0.2, -0.15) is 0 Å². The molecule has 2 unspecified atom stereocenters. The van der Waals surface area contributed by atoms with Crippen LogP contribution < -0.4 is 5.73 Å². The van der Waals surface area contributed by atoms with Gasteiger partial charge in [0.15, 0.2) is 0 Å². The lowest BCUT2D eigenvalue weighted by Gasteiger charge is -2.07. The van der Waals surface area contributed by atoms with E-state index in [2.05, 4.69) is 24.3 Å². The van der Waals surface area contributed by atoms with Crippen LogP contribution in [0.3, 0.4) is 0 Å². The quantitative estimate of drug-likeness (QED) is 0.869. The Balaban J connectivity index is 1.97. The highest BCUT2D eigenvalue weighted by atomic mass is 32.1. The van der Waals surface area contributed by atoms with Crippen molar-refractivity contribution in [3.8, 4) is 0 Å². The van der Waals surface area contributed by atoms with Crippen molar-refractivity contribution in [2.24, 2.45) is 11.7 Å². The molecule has 0 bridgehead atoms. The van der Waals surface area contributed by atoms with Crippen molar-refractivity contribution in [2.75, 3.05) is 26.7 Å². The maximum atomic E-state index is 5.64. The SMILES string of the molecule is CC(CN)Cc1nc(C2CCN(C)C2)cs1. The Kier molecular flexibility index (Phi) is 3.95. The highest BCUT2D eigenvalue weighted by molar-refractivity contribution is 7.09. The number of nitrogens with two attached hydrogens (primary N) is 1. The molecule has 2 N–H and O–H groups in total. The Bertz CT molecular complexity index is 337. The van der Waals surface area contributed by atoms with Crippen molar-refractivity contribution in [1.82, 2.24) is 9.88 Å². The zero-order chi connectivity index (χ0) is 11.5. The van der Waals surface area contributed by atoms with Crippen molar-refractivity contribution in [3.63, 3.8) is 0 Å². The summed E-state index contributed by atoms with van der Waals surface area (Å²) in [4.78, 5) is 7.13. The van der Waals surface area contributed by atoms with Crippen molar-refractivity contribution in [2.45, 2.75) is 25.7 Å². The Labute approximate surface area is 102 Å². The first-order chi connectivity index (χ1) is 7.69. The molecule has 1 aliphatic rings. The molecule has 1 aromatic rings. The molecule has 0 aliphatic carbocycles. The molecule has 0 spiro atoms. The van der Waals surface area contributed by atoms with Crippen LogP contribution in [0.15, 0.2) is 5.38 Å². The molecular weight excluding hydrogens is 218 g/mol. The topological polar surface area (TPSA) is 42.1 Å². The van der Waals surface area contributed by atoms with E-state index >= 15 is 0 Å². The molecule has 3 nitrogen and oxygen atoms in total. The summed E-state index contributed by atoms with van der Waals surface area (Å²) in [5.41, 5.74) is 6.94. The normalized spacial score (nSPS) is 23.8. The first kappa shape index (κ1) is 12.0. The van der Waals surface area contributed by atoms with Crippen LogP contribution in [-0.4, -0.2) is 36.6 Å². The number of hydrogen-bond donors (Lipinski definition) is 1. The lowest BCUT2D eigenvalue weighted by Crippen LogP contribution is -2.14. The van der Waals surface area contributed by atoms with E-state index in [1.165, 1.54) is 23.7 Å². The van der Waals surface area contributed by atoms with Gasteiger partial charge in [0.2, 0.25) is 0 Å². The second kappa shape index (κ2) is 5.25. The molecule has 16 heavy (non-hydrogen) atoms. The van der Waals surface area contributed by atoms with E-state index in [0.717, 1.165) is 19.5 Å². The number of likely N-dealkylation sites (N-methyl/N-ethyl adjacent to an activating group) is 1. The Hall–Kier alpha value is -0.450. The first-order valence-electron chi connectivity index (χ1n) is 6.02. The zero-order valence-electron chi connectivity index (χ0n) is 10.1. The van der Waals surface area contributed by atoms with E-state index in [1.54, 1.807) is 11.3 Å². The number of rotatable bonds is 4. The fourth-order valence-corrected chi connectivity index (χ4v) is 3.21. The van der Waals surface area contributed by atoms with Gasteiger partial charge in [-0.05, 0) is 32.5 Å². The van der Waals surface area contributed by atoms with Crippen molar-refractivity contribution >= 4 is 11.3 Å². The smallest absolute Gasteiger partial charge is 0.0931 e. The van der Waals surface area contributed by atoms with Crippen LogP contribution in [0.2, 0.25) is 0 Å². The van der Waals surface area contributed by atoms with Crippen LogP contribution in [0.25, 0.3) is 0 Å². The van der Waals surface area contributed by atoms with E-state index in [9.17, 15) is 0 Å². The van der Waals surface area contributed by atoms with Gasteiger partial charge in [-0.3, -0.25) is 0 Å². The molecule has 0 aromatic carbocycles. The predicted molar refractivity (Wildman–Crippen MR) is 68.9 cm³/mol. The predicted octanol–water partition coefficient (Wildman–Crippen LogP) is 1.70. The van der Waals surface area contributed by atoms with Gasteiger partial charge in [0.25, 0.3) is 0 Å². The van der Waals surface area contributed by atoms with Gasteiger partial charge in [-0.1, -0.05) is 6.92 Å². The largest absolute Gasteiger partial charge is 0.330 e. The van der Waals surface area contributed by atoms with Gasteiger partial charge < -0.3 is 10.6 Å². The molecule has 0 radical (unpaired) electrons. The third kappa shape index (κ3) is 2.81. The van der Waals surface area contributed by atoms with Gasteiger partial charge in [-0.15, -0.1) is 11.3 Å². The molecule has 1 saturated heterocycles. The number of aromatic nitrogens is 1. The van der Waals surface area contributed by atoms with Gasteiger partial charge >= 0.3 is 0 Å². The van der Waals surface area contributed by atoms with Crippen LogP contribution in [0.5, 0.6) is 0 Å². The summed E-state index contributed by atoms with van der Waals surface area (Å²) < 4.78 is 0.